The molecule has 0 atom stereocenters. The summed E-state index contributed by atoms with van der Waals surface area (Å²) < 4.78 is 0. The number of rotatable bonds is 2. The normalized spacial score (nSPS) is 20.9. The van der Waals surface area contributed by atoms with Gasteiger partial charge < -0.3 is 15.8 Å². The molecule has 6 nitrogen and oxygen atoms in total. The van der Waals surface area contributed by atoms with Gasteiger partial charge in [0.2, 0.25) is 0 Å². The van der Waals surface area contributed by atoms with Gasteiger partial charge in [-0.15, -0.1) is 0 Å². The van der Waals surface area contributed by atoms with Crippen LogP contribution in [0.3, 0.4) is 0 Å². The third-order valence-electron chi connectivity index (χ3n) is 2.03. The quantitative estimate of drug-likeness (QED) is 0.322. The molecular weight excluding hydrogens is 174 g/mol. The topological polar surface area (TPSA) is 90.5 Å². The summed E-state index contributed by atoms with van der Waals surface area (Å²) in [5, 5.41) is 13.4. The van der Waals surface area contributed by atoms with Crippen LogP contribution in [-0.4, -0.2) is 22.6 Å². The molecule has 0 aromatic heterocycles. The highest BCUT2D eigenvalue weighted by atomic mass is 16.5. The molecule has 0 aromatic carbocycles. The van der Waals surface area contributed by atoms with E-state index in [2.05, 4.69) is 17.2 Å². The maximum Gasteiger partial charge on any atom is 0.257 e. The number of hydrogen-bond donors (Lipinski definition) is 4. The fourth-order valence-electron chi connectivity index (χ4n) is 1.12. The molecule has 0 unspecified atom stereocenters. The van der Waals surface area contributed by atoms with E-state index in [9.17, 15) is 9.59 Å². The summed E-state index contributed by atoms with van der Waals surface area (Å²) in [6.45, 7) is 4.98. The number of hydrogen-bond acceptors (Lipinski definition) is 4. The van der Waals surface area contributed by atoms with Crippen LogP contribution in [-0.2, 0) is 9.59 Å². The molecule has 1 fully saturated rings. The van der Waals surface area contributed by atoms with Gasteiger partial charge in [-0.3, -0.25) is 9.59 Å². The van der Waals surface area contributed by atoms with Crippen LogP contribution in [0.5, 0.6) is 0 Å². The first kappa shape index (κ1) is 9.69. The third kappa shape index (κ3) is 1.30. The van der Waals surface area contributed by atoms with E-state index in [4.69, 9.17) is 5.21 Å². The van der Waals surface area contributed by atoms with Crippen molar-refractivity contribution in [1.29, 1.82) is 0 Å². The van der Waals surface area contributed by atoms with E-state index in [0.29, 0.717) is 0 Å². The predicted molar refractivity (Wildman–Crippen MR) is 43.4 cm³/mol. The standard InChI is InChI=1S/C7H11N3O3/c1-3-7(10-13)5(11)8-4(2)9-6(7)12/h10,13H,2-3H2,1H3,(H,8,11)(H,9,12). The van der Waals surface area contributed by atoms with Crippen LogP contribution in [0.25, 0.3) is 0 Å². The average molecular weight is 185 g/mol. The lowest BCUT2D eigenvalue weighted by Gasteiger charge is -2.33. The van der Waals surface area contributed by atoms with Crippen LogP contribution in [0.2, 0.25) is 0 Å². The minimum Gasteiger partial charge on any atom is -0.315 e. The maximum atomic E-state index is 11.3. The summed E-state index contributed by atoms with van der Waals surface area (Å²) in [5.74, 6) is -1.09. The van der Waals surface area contributed by atoms with E-state index >= 15 is 0 Å². The van der Waals surface area contributed by atoms with E-state index in [1.807, 2.05) is 0 Å². The lowest BCUT2D eigenvalue weighted by Crippen LogP contribution is -2.68. The van der Waals surface area contributed by atoms with Gasteiger partial charge in [0, 0.05) is 0 Å². The van der Waals surface area contributed by atoms with Gasteiger partial charge in [-0.05, 0) is 6.42 Å². The van der Waals surface area contributed by atoms with Crippen molar-refractivity contribution < 1.29 is 14.8 Å². The lowest BCUT2D eigenvalue weighted by molar-refractivity contribution is -0.146. The molecule has 13 heavy (non-hydrogen) atoms. The Bertz CT molecular complexity index is 248. The smallest absolute Gasteiger partial charge is 0.257 e. The first-order chi connectivity index (χ1) is 6.06. The number of carbonyl (C=O) groups excluding carboxylic acids is 2. The Hall–Kier alpha value is -1.40. The summed E-state index contributed by atoms with van der Waals surface area (Å²) in [4.78, 5) is 22.7. The van der Waals surface area contributed by atoms with Crippen LogP contribution in [0.15, 0.2) is 12.4 Å². The van der Waals surface area contributed by atoms with Crippen LogP contribution in [0, 0.1) is 0 Å². The lowest BCUT2D eigenvalue weighted by atomic mass is 9.93. The molecule has 0 aromatic rings. The molecule has 0 bridgehead atoms. The maximum absolute atomic E-state index is 11.3. The van der Waals surface area contributed by atoms with Crippen LogP contribution < -0.4 is 16.1 Å². The second-order valence-electron chi connectivity index (χ2n) is 2.76. The van der Waals surface area contributed by atoms with Gasteiger partial charge in [-0.1, -0.05) is 13.5 Å². The number of amides is 2. The van der Waals surface area contributed by atoms with Gasteiger partial charge in [-0.2, -0.15) is 5.48 Å². The Morgan fingerprint density at radius 3 is 2.23 bits per heavy atom. The van der Waals surface area contributed by atoms with Crippen LogP contribution >= 0.6 is 0 Å². The fraction of sp³-hybridized carbons (Fsp3) is 0.429. The van der Waals surface area contributed by atoms with E-state index in [1.54, 1.807) is 12.4 Å². The molecule has 1 saturated heterocycles. The summed E-state index contributed by atoms with van der Waals surface area (Å²) in [6, 6.07) is 0. The van der Waals surface area contributed by atoms with Gasteiger partial charge >= 0.3 is 0 Å². The van der Waals surface area contributed by atoms with Crippen LogP contribution in [0.1, 0.15) is 13.3 Å². The third-order valence-corrected chi connectivity index (χ3v) is 2.03. The molecule has 0 radical (unpaired) electrons. The van der Waals surface area contributed by atoms with Crippen molar-refractivity contribution in [2.45, 2.75) is 18.9 Å². The Labute approximate surface area is 75.0 Å². The van der Waals surface area contributed by atoms with E-state index < -0.39 is 17.4 Å². The van der Waals surface area contributed by atoms with Gasteiger partial charge in [0.05, 0.1) is 0 Å². The minimum absolute atomic E-state index is 0.120. The second kappa shape index (κ2) is 3.15. The summed E-state index contributed by atoms with van der Waals surface area (Å²) in [5.41, 5.74) is 0.126. The monoisotopic (exact) mass is 185 g/mol. The van der Waals surface area contributed by atoms with Crippen molar-refractivity contribution in [1.82, 2.24) is 16.1 Å². The Kier molecular flexibility index (Phi) is 2.35. The number of hydroxylamine groups is 1. The van der Waals surface area contributed by atoms with Gasteiger partial charge in [0.15, 0.2) is 5.54 Å². The van der Waals surface area contributed by atoms with Gasteiger partial charge in [-0.25, -0.2) is 0 Å². The van der Waals surface area contributed by atoms with Crippen molar-refractivity contribution in [3.8, 4) is 0 Å². The first-order valence-corrected chi connectivity index (χ1v) is 3.80. The molecule has 72 valence electrons. The number of nitrogens with one attached hydrogen (secondary N) is 3. The SMILES string of the molecule is C=C1NC(=O)C(CC)(NO)C(=O)N1. The minimum atomic E-state index is -1.60. The van der Waals surface area contributed by atoms with Crippen molar-refractivity contribution in [3.05, 3.63) is 12.4 Å². The Morgan fingerprint density at radius 2 is 1.92 bits per heavy atom. The highest BCUT2D eigenvalue weighted by Gasteiger charge is 2.47. The molecule has 2 amide bonds. The zero-order chi connectivity index (χ0) is 10.1. The zero-order valence-electron chi connectivity index (χ0n) is 7.18. The molecule has 4 N–H and O–H groups in total. The van der Waals surface area contributed by atoms with E-state index in [-0.39, 0.29) is 12.2 Å². The molecule has 1 heterocycles. The molecule has 6 heteroatoms. The zero-order valence-corrected chi connectivity index (χ0v) is 7.18. The van der Waals surface area contributed by atoms with Gasteiger partial charge in [0.25, 0.3) is 11.8 Å². The van der Waals surface area contributed by atoms with Crippen molar-refractivity contribution in [2.24, 2.45) is 0 Å². The Balaban J connectivity index is 3.01. The highest BCUT2D eigenvalue weighted by Crippen LogP contribution is 2.14. The molecule has 0 saturated carbocycles. The van der Waals surface area contributed by atoms with E-state index in [0.717, 1.165) is 0 Å². The first-order valence-electron chi connectivity index (χ1n) is 3.80. The van der Waals surface area contributed by atoms with Gasteiger partial charge in [0.1, 0.15) is 5.82 Å². The molecule has 0 spiro atoms. The molecule has 1 rings (SSSR count). The van der Waals surface area contributed by atoms with Crippen molar-refractivity contribution in [2.75, 3.05) is 0 Å². The highest BCUT2D eigenvalue weighted by molar-refractivity contribution is 6.12. The molecule has 0 aliphatic carbocycles. The number of carbonyl (C=O) groups is 2. The molecule has 1 aliphatic heterocycles. The Morgan fingerprint density at radius 1 is 1.46 bits per heavy atom. The van der Waals surface area contributed by atoms with Crippen molar-refractivity contribution >= 4 is 11.8 Å². The average Bonchev–Trinajstić information content (AvgIpc) is 2.05. The van der Waals surface area contributed by atoms with Crippen LogP contribution in [0.4, 0.5) is 0 Å². The second-order valence-corrected chi connectivity index (χ2v) is 2.76. The summed E-state index contributed by atoms with van der Waals surface area (Å²) >= 11 is 0. The molecular formula is C7H11N3O3. The molecule has 1 aliphatic rings. The summed E-state index contributed by atoms with van der Waals surface area (Å²) in [6.07, 6.45) is 0.147. The van der Waals surface area contributed by atoms with E-state index in [1.165, 1.54) is 0 Å². The van der Waals surface area contributed by atoms with Crippen molar-refractivity contribution in [3.63, 3.8) is 0 Å². The largest absolute Gasteiger partial charge is 0.315 e. The predicted octanol–water partition coefficient (Wildman–Crippen LogP) is -1.17. The summed E-state index contributed by atoms with van der Waals surface area (Å²) in [7, 11) is 0. The fourth-order valence-corrected chi connectivity index (χ4v) is 1.12.